The maximum absolute atomic E-state index is 11.6. The van der Waals surface area contributed by atoms with Gasteiger partial charge in [-0.3, -0.25) is 4.79 Å². The third-order valence-corrected chi connectivity index (χ3v) is 6.15. The zero-order chi connectivity index (χ0) is 25.3. The molecule has 0 radical (unpaired) electrons. The molecule has 0 spiro atoms. The zero-order valence-electron chi connectivity index (χ0n) is 23.1. The van der Waals surface area contributed by atoms with Crippen LogP contribution in [0.5, 0.6) is 0 Å². The highest BCUT2D eigenvalue weighted by atomic mass is 16.5. The summed E-state index contributed by atoms with van der Waals surface area (Å²) in [6.45, 7) is 9.66. The lowest BCUT2D eigenvalue weighted by Gasteiger charge is -2.06. The van der Waals surface area contributed by atoms with E-state index in [0.29, 0.717) is 31.5 Å². The smallest absolute Gasteiger partial charge is 0.330 e. The minimum absolute atomic E-state index is 0.0213. The van der Waals surface area contributed by atoms with Crippen molar-refractivity contribution in [1.29, 1.82) is 0 Å². The van der Waals surface area contributed by atoms with Crippen molar-refractivity contribution >= 4 is 11.9 Å². The van der Waals surface area contributed by atoms with Crippen molar-refractivity contribution in [3.8, 4) is 0 Å². The Bertz CT molecular complexity index is 496. The van der Waals surface area contributed by atoms with Gasteiger partial charge in [-0.1, -0.05) is 111 Å². The Morgan fingerprint density at radius 3 is 1.47 bits per heavy atom. The first kappa shape index (κ1) is 32.7. The fourth-order valence-electron chi connectivity index (χ4n) is 3.76. The van der Waals surface area contributed by atoms with Crippen LogP contribution in [0.4, 0.5) is 0 Å². The van der Waals surface area contributed by atoms with Gasteiger partial charge in [0, 0.05) is 12.5 Å². The van der Waals surface area contributed by atoms with E-state index in [1.54, 1.807) is 6.08 Å². The minimum atomic E-state index is -0.199. The van der Waals surface area contributed by atoms with Crippen LogP contribution in [0.25, 0.3) is 0 Å². The Morgan fingerprint density at radius 2 is 1.00 bits per heavy atom. The fourth-order valence-corrected chi connectivity index (χ4v) is 3.76. The van der Waals surface area contributed by atoms with Crippen molar-refractivity contribution in [3.05, 3.63) is 12.2 Å². The Balaban J connectivity index is 3.23. The van der Waals surface area contributed by atoms with Crippen molar-refractivity contribution in [2.75, 3.05) is 13.2 Å². The van der Waals surface area contributed by atoms with Gasteiger partial charge in [0.25, 0.3) is 0 Å². The van der Waals surface area contributed by atoms with E-state index in [1.807, 2.05) is 6.08 Å². The molecule has 0 aliphatic rings. The van der Waals surface area contributed by atoms with Crippen molar-refractivity contribution < 1.29 is 19.1 Å². The molecule has 0 saturated heterocycles. The maximum Gasteiger partial charge on any atom is 0.330 e. The van der Waals surface area contributed by atoms with Crippen LogP contribution in [0, 0.1) is 11.8 Å². The Morgan fingerprint density at radius 1 is 0.588 bits per heavy atom. The maximum atomic E-state index is 11.6. The Hall–Kier alpha value is -1.32. The molecular formula is C30H56O4. The third kappa shape index (κ3) is 26.9. The highest BCUT2D eigenvalue weighted by Gasteiger charge is 2.03. The summed E-state index contributed by atoms with van der Waals surface area (Å²) in [5.74, 6) is 0.944. The van der Waals surface area contributed by atoms with E-state index in [1.165, 1.54) is 70.6 Å². The van der Waals surface area contributed by atoms with E-state index in [4.69, 9.17) is 9.47 Å². The Kier molecular flexibility index (Phi) is 23.8. The SMILES string of the molecule is CC(C)CCOC(=O)/C=C/CCCCCCCCCCCCCCCCC(=O)OCCC(C)C. The lowest BCUT2D eigenvalue weighted by molar-refractivity contribution is -0.144. The number of hydrogen-bond acceptors (Lipinski definition) is 4. The molecule has 0 fully saturated rings. The second-order valence-electron chi connectivity index (χ2n) is 10.6. The van der Waals surface area contributed by atoms with Crippen LogP contribution in [0.2, 0.25) is 0 Å². The monoisotopic (exact) mass is 480 g/mol. The van der Waals surface area contributed by atoms with Crippen LogP contribution in [-0.2, 0) is 19.1 Å². The molecule has 0 aliphatic heterocycles. The summed E-state index contributed by atoms with van der Waals surface area (Å²) in [6, 6.07) is 0. The lowest BCUT2D eigenvalue weighted by atomic mass is 10.0. The molecule has 0 amide bonds. The van der Waals surface area contributed by atoms with Gasteiger partial charge in [-0.05, 0) is 43.9 Å². The van der Waals surface area contributed by atoms with Crippen LogP contribution in [-0.4, -0.2) is 25.2 Å². The van der Waals surface area contributed by atoms with Gasteiger partial charge in [0.2, 0.25) is 0 Å². The van der Waals surface area contributed by atoms with Crippen molar-refractivity contribution in [1.82, 2.24) is 0 Å². The first-order valence-electron chi connectivity index (χ1n) is 14.4. The minimum Gasteiger partial charge on any atom is -0.466 e. The number of ether oxygens (including phenoxy) is 2. The van der Waals surface area contributed by atoms with Gasteiger partial charge in [-0.2, -0.15) is 0 Å². The van der Waals surface area contributed by atoms with E-state index in [2.05, 4.69) is 27.7 Å². The molecule has 0 unspecified atom stereocenters. The summed E-state index contributed by atoms with van der Waals surface area (Å²) in [5.41, 5.74) is 0. The zero-order valence-corrected chi connectivity index (χ0v) is 23.1. The average molecular weight is 481 g/mol. The molecule has 0 bridgehead atoms. The quantitative estimate of drug-likeness (QED) is 0.0785. The largest absolute Gasteiger partial charge is 0.466 e. The Labute approximate surface area is 211 Å². The first-order valence-corrected chi connectivity index (χ1v) is 14.4. The molecular weight excluding hydrogens is 424 g/mol. The standard InChI is InChI=1S/C30H56O4/c1-27(2)23-25-33-29(31)21-19-17-15-13-11-9-7-5-6-8-10-12-14-16-18-20-22-30(32)34-26-24-28(3)4/h19,21,27-28H,5-18,20,22-26H2,1-4H3/b21-19+. The van der Waals surface area contributed by atoms with Gasteiger partial charge in [0.05, 0.1) is 13.2 Å². The van der Waals surface area contributed by atoms with Gasteiger partial charge < -0.3 is 9.47 Å². The molecule has 0 N–H and O–H groups in total. The summed E-state index contributed by atoms with van der Waals surface area (Å²) in [5, 5.41) is 0. The number of rotatable bonds is 24. The summed E-state index contributed by atoms with van der Waals surface area (Å²) >= 11 is 0. The van der Waals surface area contributed by atoms with Crippen LogP contribution in [0.3, 0.4) is 0 Å². The fraction of sp³-hybridized carbons (Fsp3) is 0.867. The lowest BCUT2D eigenvalue weighted by Crippen LogP contribution is -2.07. The van der Waals surface area contributed by atoms with E-state index >= 15 is 0 Å². The average Bonchev–Trinajstić information content (AvgIpc) is 2.77. The van der Waals surface area contributed by atoms with Crippen LogP contribution < -0.4 is 0 Å². The predicted molar refractivity (Wildman–Crippen MR) is 144 cm³/mol. The summed E-state index contributed by atoms with van der Waals surface area (Å²) in [7, 11) is 0. The van der Waals surface area contributed by atoms with E-state index < -0.39 is 0 Å². The van der Waals surface area contributed by atoms with Gasteiger partial charge in [0.15, 0.2) is 0 Å². The van der Waals surface area contributed by atoms with Gasteiger partial charge >= 0.3 is 11.9 Å². The summed E-state index contributed by atoms with van der Waals surface area (Å²) in [4.78, 5) is 23.1. The highest BCUT2D eigenvalue weighted by molar-refractivity contribution is 5.81. The molecule has 0 atom stereocenters. The number of allylic oxidation sites excluding steroid dienone is 1. The number of carbonyl (C=O) groups excluding carboxylic acids is 2. The van der Waals surface area contributed by atoms with Crippen molar-refractivity contribution in [3.63, 3.8) is 0 Å². The molecule has 0 rings (SSSR count). The van der Waals surface area contributed by atoms with Crippen molar-refractivity contribution in [2.24, 2.45) is 11.8 Å². The van der Waals surface area contributed by atoms with Crippen LogP contribution in [0.15, 0.2) is 12.2 Å². The van der Waals surface area contributed by atoms with E-state index in [-0.39, 0.29) is 11.9 Å². The normalized spacial score (nSPS) is 11.6. The topological polar surface area (TPSA) is 52.6 Å². The molecule has 0 saturated carbocycles. The second-order valence-corrected chi connectivity index (χ2v) is 10.6. The van der Waals surface area contributed by atoms with Crippen LogP contribution >= 0.6 is 0 Å². The highest BCUT2D eigenvalue weighted by Crippen LogP contribution is 2.14. The van der Waals surface area contributed by atoms with Gasteiger partial charge in [-0.25, -0.2) is 4.79 Å². The van der Waals surface area contributed by atoms with E-state index in [9.17, 15) is 9.59 Å². The second kappa shape index (κ2) is 24.8. The number of carbonyl (C=O) groups is 2. The molecule has 0 aromatic rings. The molecule has 4 heteroatoms. The molecule has 4 nitrogen and oxygen atoms in total. The molecule has 200 valence electrons. The third-order valence-electron chi connectivity index (χ3n) is 6.15. The molecule has 34 heavy (non-hydrogen) atoms. The summed E-state index contributed by atoms with van der Waals surface area (Å²) in [6.07, 6.45) is 24.8. The first-order chi connectivity index (χ1) is 16.4. The van der Waals surface area contributed by atoms with Gasteiger partial charge in [0.1, 0.15) is 0 Å². The number of unbranched alkanes of at least 4 members (excludes halogenated alkanes) is 14. The van der Waals surface area contributed by atoms with Crippen molar-refractivity contribution in [2.45, 2.75) is 143 Å². The van der Waals surface area contributed by atoms with Gasteiger partial charge in [-0.15, -0.1) is 0 Å². The summed E-state index contributed by atoms with van der Waals surface area (Å²) < 4.78 is 10.4. The van der Waals surface area contributed by atoms with Crippen LogP contribution in [0.1, 0.15) is 143 Å². The molecule has 0 aromatic carbocycles. The predicted octanol–water partition coefficient (Wildman–Crippen LogP) is 8.96. The number of hydrogen-bond donors (Lipinski definition) is 0. The molecule has 0 aromatic heterocycles. The molecule has 0 heterocycles. The number of esters is 2. The molecule has 0 aliphatic carbocycles. The van der Waals surface area contributed by atoms with E-state index in [0.717, 1.165) is 38.5 Å².